The van der Waals surface area contributed by atoms with E-state index in [1.807, 2.05) is 0 Å². The Morgan fingerprint density at radius 2 is 1.10 bits per heavy atom. The molecule has 0 saturated carbocycles. The second kappa shape index (κ2) is 6.09. The van der Waals surface area contributed by atoms with Crippen LogP contribution in [0.4, 0.5) is 0 Å². The molecule has 0 rings (SSSR count). The van der Waals surface area contributed by atoms with Crippen LogP contribution >= 0.6 is 0 Å². The van der Waals surface area contributed by atoms with E-state index in [0.717, 1.165) is 0 Å². The fraction of sp³-hybridized carbons (Fsp3) is 0. The predicted octanol–water partition coefficient (Wildman–Crippen LogP) is -1.51. The number of carbonyl (C=O) groups excluding carboxylic acids is 3. The summed E-state index contributed by atoms with van der Waals surface area (Å²) in [7, 11) is 0. The Morgan fingerprint density at radius 1 is 0.800 bits per heavy atom. The van der Waals surface area contributed by atoms with E-state index < -0.39 is 15.7 Å². The normalized spacial score (nSPS) is 8.10. The van der Waals surface area contributed by atoms with Crippen molar-refractivity contribution in [2.45, 2.75) is 0 Å². The molecule has 0 aromatic carbocycles. The van der Waals surface area contributed by atoms with Gasteiger partial charge in [-0.3, -0.25) is 0 Å². The summed E-state index contributed by atoms with van der Waals surface area (Å²) in [6.45, 7) is 0.146. The third-order valence-electron chi connectivity index (χ3n) is 0.387. The second-order valence-corrected chi connectivity index (χ2v) is 3.09. The standard InChI is InChI=1S/C3H3AsO6/c5-1-8-4(9-2-6)10-3-7/h1-3H. The molecule has 0 aliphatic carbocycles. The van der Waals surface area contributed by atoms with Crippen molar-refractivity contribution < 1.29 is 25.6 Å². The van der Waals surface area contributed by atoms with Crippen molar-refractivity contribution >= 4 is 35.1 Å². The van der Waals surface area contributed by atoms with Crippen molar-refractivity contribution in [1.82, 2.24) is 0 Å². The summed E-state index contributed by atoms with van der Waals surface area (Å²) in [6.07, 6.45) is 0. The Kier molecular flexibility index (Phi) is 5.47. The second-order valence-electron chi connectivity index (χ2n) is 0.829. The first-order valence-electron chi connectivity index (χ1n) is 1.96. The van der Waals surface area contributed by atoms with Gasteiger partial charge in [0.1, 0.15) is 0 Å². The first-order chi connectivity index (χ1) is 4.85. The van der Waals surface area contributed by atoms with Crippen LogP contribution in [0.25, 0.3) is 0 Å². The molecule has 56 valence electrons. The van der Waals surface area contributed by atoms with Crippen molar-refractivity contribution in [1.29, 1.82) is 0 Å². The fourth-order valence-electron chi connectivity index (χ4n) is 0.180. The third-order valence-corrected chi connectivity index (χ3v) is 2.01. The molecular formula is C3H3AsO6. The average molecular weight is 210 g/mol. The summed E-state index contributed by atoms with van der Waals surface area (Å²) >= 11 is -2.90. The fourth-order valence-corrected chi connectivity index (χ4v) is 0.935. The van der Waals surface area contributed by atoms with E-state index in [4.69, 9.17) is 0 Å². The van der Waals surface area contributed by atoms with Crippen LogP contribution in [0.15, 0.2) is 0 Å². The third kappa shape index (κ3) is 3.91. The monoisotopic (exact) mass is 210 g/mol. The molecule has 0 aliphatic rings. The van der Waals surface area contributed by atoms with Gasteiger partial charge in [-0.05, 0) is 0 Å². The van der Waals surface area contributed by atoms with Gasteiger partial charge < -0.3 is 0 Å². The van der Waals surface area contributed by atoms with Gasteiger partial charge in [-0.2, -0.15) is 0 Å². The van der Waals surface area contributed by atoms with Gasteiger partial charge in [-0.1, -0.05) is 0 Å². The van der Waals surface area contributed by atoms with Gasteiger partial charge in [0.15, 0.2) is 0 Å². The Bertz CT molecular complexity index is 100. The van der Waals surface area contributed by atoms with Crippen molar-refractivity contribution in [2.24, 2.45) is 0 Å². The SMILES string of the molecule is O=CO[As](OC=O)OC=O. The minimum atomic E-state index is -2.90. The molecule has 0 aromatic heterocycles. The van der Waals surface area contributed by atoms with Crippen LogP contribution in [0, 0.1) is 0 Å². The Morgan fingerprint density at radius 3 is 1.30 bits per heavy atom. The quantitative estimate of drug-likeness (QED) is 0.391. The molecule has 0 bridgehead atoms. The van der Waals surface area contributed by atoms with Crippen LogP contribution < -0.4 is 0 Å². The van der Waals surface area contributed by atoms with E-state index in [1.165, 1.54) is 0 Å². The molecule has 0 heterocycles. The van der Waals surface area contributed by atoms with Gasteiger partial charge in [0.2, 0.25) is 0 Å². The first kappa shape index (κ1) is 8.97. The maximum absolute atomic E-state index is 9.59. The molecule has 0 amide bonds. The maximum atomic E-state index is 9.59. The number of hydrogen-bond acceptors (Lipinski definition) is 6. The molecule has 0 spiro atoms. The molecule has 6 nitrogen and oxygen atoms in total. The van der Waals surface area contributed by atoms with E-state index in [1.54, 1.807) is 0 Å². The molecule has 0 atom stereocenters. The zero-order valence-electron chi connectivity index (χ0n) is 4.63. The Balaban J connectivity index is 3.58. The molecule has 0 aliphatic heterocycles. The topological polar surface area (TPSA) is 78.9 Å². The molecule has 7 heteroatoms. The summed E-state index contributed by atoms with van der Waals surface area (Å²) in [5, 5.41) is 0. The van der Waals surface area contributed by atoms with Crippen molar-refractivity contribution in [3.05, 3.63) is 0 Å². The van der Waals surface area contributed by atoms with E-state index in [9.17, 15) is 14.4 Å². The van der Waals surface area contributed by atoms with Gasteiger partial charge in [-0.25, -0.2) is 0 Å². The van der Waals surface area contributed by atoms with Crippen LogP contribution in [0.2, 0.25) is 0 Å². The molecule has 0 saturated heterocycles. The summed E-state index contributed by atoms with van der Waals surface area (Å²) in [5.74, 6) is 0. The minimum absolute atomic E-state index is 0.0486. The zero-order chi connectivity index (χ0) is 7.82. The van der Waals surface area contributed by atoms with Gasteiger partial charge in [0, 0.05) is 0 Å². The molecule has 0 unspecified atom stereocenters. The molecule has 0 N–H and O–H groups in total. The summed E-state index contributed by atoms with van der Waals surface area (Å²) in [5.41, 5.74) is 0. The molecule has 0 radical (unpaired) electrons. The number of hydrogen-bond donors (Lipinski definition) is 0. The van der Waals surface area contributed by atoms with Crippen LogP contribution in [-0.4, -0.2) is 35.1 Å². The van der Waals surface area contributed by atoms with E-state index >= 15 is 0 Å². The van der Waals surface area contributed by atoms with Gasteiger partial charge >= 0.3 is 60.7 Å². The summed E-state index contributed by atoms with van der Waals surface area (Å²) in [4.78, 5) is 28.8. The van der Waals surface area contributed by atoms with Crippen LogP contribution in [0.3, 0.4) is 0 Å². The number of rotatable bonds is 6. The number of carbonyl (C=O) groups is 3. The molecule has 10 heavy (non-hydrogen) atoms. The average Bonchev–Trinajstić information content (AvgIpc) is 1.90. The molecule has 0 fully saturated rings. The summed E-state index contributed by atoms with van der Waals surface area (Å²) < 4.78 is 12.2. The Hall–Kier alpha value is -1.03. The van der Waals surface area contributed by atoms with E-state index in [0.29, 0.717) is 0 Å². The van der Waals surface area contributed by atoms with Crippen LogP contribution in [0.1, 0.15) is 0 Å². The van der Waals surface area contributed by atoms with Crippen molar-refractivity contribution in [3.8, 4) is 0 Å². The van der Waals surface area contributed by atoms with Gasteiger partial charge in [0.05, 0.1) is 0 Å². The summed E-state index contributed by atoms with van der Waals surface area (Å²) in [6, 6.07) is 0. The zero-order valence-corrected chi connectivity index (χ0v) is 6.51. The van der Waals surface area contributed by atoms with Crippen molar-refractivity contribution in [3.63, 3.8) is 0 Å². The molecular weight excluding hydrogens is 207 g/mol. The van der Waals surface area contributed by atoms with Gasteiger partial charge in [-0.15, -0.1) is 0 Å². The molecule has 0 aromatic rings. The van der Waals surface area contributed by atoms with Crippen LogP contribution in [-0.2, 0) is 25.6 Å². The van der Waals surface area contributed by atoms with E-state index in [2.05, 4.69) is 11.2 Å². The predicted molar refractivity (Wildman–Crippen MR) is 27.2 cm³/mol. The van der Waals surface area contributed by atoms with E-state index in [-0.39, 0.29) is 19.4 Å². The first-order valence-corrected chi connectivity index (χ1v) is 4.26. The Labute approximate surface area is 61.4 Å². The van der Waals surface area contributed by atoms with Crippen molar-refractivity contribution in [2.75, 3.05) is 0 Å². The van der Waals surface area contributed by atoms with Gasteiger partial charge in [0.25, 0.3) is 0 Å². The van der Waals surface area contributed by atoms with Crippen LogP contribution in [0.5, 0.6) is 0 Å².